The number of ether oxygens (including phenoxy) is 1. The van der Waals surface area contributed by atoms with Crippen molar-refractivity contribution in [1.29, 1.82) is 0 Å². The summed E-state index contributed by atoms with van der Waals surface area (Å²) in [5.41, 5.74) is 1.12. The fourth-order valence-electron chi connectivity index (χ4n) is 2.32. The maximum absolute atomic E-state index is 11.1. The Kier molecular flexibility index (Phi) is 4.87. The second-order valence-electron chi connectivity index (χ2n) is 4.53. The molecule has 0 aliphatic carbocycles. The van der Waals surface area contributed by atoms with Crippen LogP contribution in [0.1, 0.15) is 18.4 Å². The highest BCUT2D eigenvalue weighted by Gasteiger charge is 2.28. The van der Waals surface area contributed by atoms with Gasteiger partial charge in [0.2, 0.25) is 0 Å². The zero-order valence-electron chi connectivity index (χ0n) is 10.4. The normalized spacial score (nSPS) is 25.6. The van der Waals surface area contributed by atoms with E-state index in [2.05, 4.69) is 0 Å². The molecule has 2 unspecified atom stereocenters. The number of nitrogens with zero attached hydrogens (tertiary/aromatic N) is 1. The average molecular weight is 249 g/mol. The molecule has 4 nitrogen and oxygen atoms in total. The minimum absolute atomic E-state index is 0.0112. The Bertz CT molecular complexity index is 369. The number of carbonyl (C=O) groups excluding carboxylic acids is 1. The van der Waals surface area contributed by atoms with E-state index in [1.807, 2.05) is 35.2 Å². The van der Waals surface area contributed by atoms with Crippen LogP contribution in [0.5, 0.6) is 0 Å². The summed E-state index contributed by atoms with van der Waals surface area (Å²) in [7, 11) is 0. The highest BCUT2D eigenvalue weighted by Crippen LogP contribution is 2.19. The van der Waals surface area contributed by atoms with Crippen molar-refractivity contribution in [2.45, 2.75) is 31.7 Å². The smallest absolute Gasteiger partial charge is 0.167 e. The zero-order chi connectivity index (χ0) is 12.8. The lowest BCUT2D eigenvalue weighted by atomic mass is 10.1. The van der Waals surface area contributed by atoms with Crippen LogP contribution in [-0.2, 0) is 16.1 Å². The molecule has 98 valence electrons. The molecule has 1 saturated heterocycles. The van der Waals surface area contributed by atoms with Gasteiger partial charge in [0.15, 0.2) is 12.5 Å². The molecular formula is C14H19NO3. The van der Waals surface area contributed by atoms with Crippen molar-refractivity contribution in [3.05, 3.63) is 35.9 Å². The molecule has 18 heavy (non-hydrogen) atoms. The van der Waals surface area contributed by atoms with Crippen molar-refractivity contribution in [3.63, 3.8) is 0 Å². The van der Waals surface area contributed by atoms with Crippen LogP contribution in [0.3, 0.4) is 0 Å². The fourth-order valence-corrected chi connectivity index (χ4v) is 2.32. The first-order valence-electron chi connectivity index (χ1n) is 6.32. The Labute approximate surface area is 107 Å². The van der Waals surface area contributed by atoms with Gasteiger partial charge in [-0.2, -0.15) is 0 Å². The molecule has 0 amide bonds. The van der Waals surface area contributed by atoms with E-state index in [1.165, 1.54) is 0 Å². The number of hydrogen-bond acceptors (Lipinski definition) is 4. The van der Waals surface area contributed by atoms with Crippen LogP contribution >= 0.6 is 0 Å². The van der Waals surface area contributed by atoms with Gasteiger partial charge in [-0.1, -0.05) is 30.3 Å². The number of carbonyl (C=O) groups is 1. The Balaban J connectivity index is 2.15. The first-order chi connectivity index (χ1) is 8.85. The van der Waals surface area contributed by atoms with E-state index >= 15 is 0 Å². The first-order valence-corrected chi connectivity index (χ1v) is 6.32. The SMILES string of the molecule is O=CC1OCCCC(CO)N1Cc1ccccc1. The van der Waals surface area contributed by atoms with Crippen molar-refractivity contribution >= 4 is 6.29 Å². The Morgan fingerprint density at radius 1 is 1.39 bits per heavy atom. The summed E-state index contributed by atoms with van der Waals surface area (Å²) in [4.78, 5) is 13.1. The molecule has 1 N–H and O–H groups in total. The molecule has 1 aliphatic heterocycles. The number of benzene rings is 1. The molecule has 1 heterocycles. The highest BCUT2D eigenvalue weighted by molar-refractivity contribution is 5.55. The summed E-state index contributed by atoms with van der Waals surface area (Å²) in [5, 5.41) is 9.46. The first kappa shape index (κ1) is 13.2. The Morgan fingerprint density at radius 3 is 2.83 bits per heavy atom. The third kappa shape index (κ3) is 3.16. The minimum atomic E-state index is -0.551. The number of rotatable bonds is 4. The molecule has 2 rings (SSSR count). The Morgan fingerprint density at radius 2 is 2.17 bits per heavy atom. The van der Waals surface area contributed by atoms with Gasteiger partial charge in [-0.3, -0.25) is 9.69 Å². The van der Waals surface area contributed by atoms with Gasteiger partial charge >= 0.3 is 0 Å². The molecule has 0 saturated carbocycles. The molecule has 0 bridgehead atoms. The van der Waals surface area contributed by atoms with Gasteiger partial charge in [0.1, 0.15) is 0 Å². The lowest BCUT2D eigenvalue weighted by Gasteiger charge is -2.31. The number of aldehydes is 1. The standard InChI is InChI=1S/C14H19NO3/c16-10-13-7-4-8-18-14(11-17)15(13)9-12-5-2-1-3-6-12/h1-3,5-6,11,13-14,16H,4,7-10H2. The van der Waals surface area contributed by atoms with Gasteiger partial charge in [0.05, 0.1) is 6.61 Å². The van der Waals surface area contributed by atoms with Gasteiger partial charge in [-0.15, -0.1) is 0 Å². The van der Waals surface area contributed by atoms with E-state index in [1.54, 1.807) is 0 Å². The van der Waals surface area contributed by atoms with Crippen molar-refractivity contribution in [2.24, 2.45) is 0 Å². The summed E-state index contributed by atoms with van der Waals surface area (Å²) in [5.74, 6) is 0. The quantitative estimate of drug-likeness (QED) is 0.814. The van der Waals surface area contributed by atoms with Crippen LogP contribution in [0.4, 0.5) is 0 Å². The molecule has 4 heteroatoms. The molecule has 1 aliphatic rings. The van der Waals surface area contributed by atoms with Gasteiger partial charge in [-0.05, 0) is 18.4 Å². The zero-order valence-corrected chi connectivity index (χ0v) is 10.4. The number of aliphatic hydroxyl groups excluding tert-OH is 1. The molecule has 0 aromatic heterocycles. The second-order valence-corrected chi connectivity index (χ2v) is 4.53. The van der Waals surface area contributed by atoms with E-state index in [0.717, 1.165) is 24.7 Å². The highest BCUT2D eigenvalue weighted by atomic mass is 16.5. The molecule has 1 aromatic carbocycles. The lowest BCUT2D eigenvalue weighted by Crippen LogP contribution is -2.45. The molecule has 1 aromatic rings. The van der Waals surface area contributed by atoms with Crippen molar-refractivity contribution in [1.82, 2.24) is 4.90 Å². The van der Waals surface area contributed by atoms with Gasteiger partial charge < -0.3 is 9.84 Å². The minimum Gasteiger partial charge on any atom is -0.395 e. The van der Waals surface area contributed by atoms with E-state index in [-0.39, 0.29) is 12.6 Å². The molecular weight excluding hydrogens is 230 g/mol. The maximum atomic E-state index is 11.1. The summed E-state index contributed by atoms with van der Waals surface area (Å²) >= 11 is 0. The molecule has 1 fully saturated rings. The van der Waals surface area contributed by atoms with Crippen molar-refractivity contribution in [2.75, 3.05) is 13.2 Å². The predicted octanol–water partition coefficient (Wildman–Crippen LogP) is 1.18. The summed E-state index contributed by atoms with van der Waals surface area (Å²) in [6.45, 7) is 1.25. The predicted molar refractivity (Wildman–Crippen MR) is 67.9 cm³/mol. The molecule has 2 atom stereocenters. The van der Waals surface area contributed by atoms with Gasteiger partial charge in [-0.25, -0.2) is 0 Å². The van der Waals surface area contributed by atoms with E-state index in [4.69, 9.17) is 4.74 Å². The third-order valence-electron chi connectivity index (χ3n) is 3.30. The number of aliphatic hydroxyl groups is 1. The second kappa shape index (κ2) is 6.64. The summed E-state index contributed by atoms with van der Waals surface area (Å²) < 4.78 is 5.52. The van der Waals surface area contributed by atoms with Crippen LogP contribution in [-0.4, -0.2) is 41.8 Å². The number of hydrogen-bond donors (Lipinski definition) is 1. The lowest BCUT2D eigenvalue weighted by molar-refractivity contribution is -0.133. The Hall–Kier alpha value is -1.23. The van der Waals surface area contributed by atoms with Crippen LogP contribution in [0.25, 0.3) is 0 Å². The fraction of sp³-hybridized carbons (Fsp3) is 0.500. The average Bonchev–Trinajstić information content (AvgIpc) is 2.62. The van der Waals surface area contributed by atoms with Crippen LogP contribution in [0.15, 0.2) is 30.3 Å². The van der Waals surface area contributed by atoms with Crippen LogP contribution in [0.2, 0.25) is 0 Å². The monoisotopic (exact) mass is 249 g/mol. The van der Waals surface area contributed by atoms with E-state index < -0.39 is 6.23 Å². The summed E-state index contributed by atoms with van der Waals surface area (Å²) in [6.07, 6.45) is 2.00. The van der Waals surface area contributed by atoms with E-state index in [9.17, 15) is 9.90 Å². The van der Waals surface area contributed by atoms with E-state index in [0.29, 0.717) is 13.2 Å². The molecule has 0 spiro atoms. The van der Waals surface area contributed by atoms with Crippen LogP contribution < -0.4 is 0 Å². The van der Waals surface area contributed by atoms with Crippen molar-refractivity contribution < 1.29 is 14.6 Å². The van der Waals surface area contributed by atoms with Crippen molar-refractivity contribution in [3.8, 4) is 0 Å². The van der Waals surface area contributed by atoms with Gasteiger partial charge in [0, 0.05) is 19.2 Å². The topological polar surface area (TPSA) is 49.8 Å². The van der Waals surface area contributed by atoms with Gasteiger partial charge in [0.25, 0.3) is 0 Å². The molecule has 0 radical (unpaired) electrons. The maximum Gasteiger partial charge on any atom is 0.167 e. The van der Waals surface area contributed by atoms with Crippen LogP contribution in [0, 0.1) is 0 Å². The third-order valence-corrected chi connectivity index (χ3v) is 3.30. The largest absolute Gasteiger partial charge is 0.395 e. The summed E-state index contributed by atoms with van der Waals surface area (Å²) in [6, 6.07) is 9.92.